The zero-order valence-corrected chi connectivity index (χ0v) is 26.0. The van der Waals surface area contributed by atoms with E-state index in [0.717, 1.165) is 32.2 Å². The van der Waals surface area contributed by atoms with E-state index in [0.29, 0.717) is 119 Å². The van der Waals surface area contributed by atoms with Crippen LogP contribution in [0.25, 0.3) is 0 Å². The summed E-state index contributed by atoms with van der Waals surface area (Å²) in [7, 11) is 1.89. The Hall–Kier alpha value is -0.930. The van der Waals surface area contributed by atoms with Crippen molar-refractivity contribution in [1.82, 2.24) is 5.32 Å². The first-order valence-corrected chi connectivity index (χ1v) is 15.3. The van der Waals surface area contributed by atoms with Crippen molar-refractivity contribution in [2.24, 2.45) is 5.92 Å². The standard InChI is InChI=1S/C29H59NO11/c1-4-6-7-28(5-2)29(31)41-27-26-40-25-24-39-23-22-38-21-20-37-19-18-36-17-16-35-15-14-34-13-12-33-11-10-32-9-8-30-3/h28,30H,4-27H2,1-3H3. The highest BCUT2D eigenvalue weighted by molar-refractivity contribution is 5.72. The van der Waals surface area contributed by atoms with E-state index in [4.69, 9.17) is 47.4 Å². The van der Waals surface area contributed by atoms with Crippen LogP contribution in [0, 0.1) is 5.92 Å². The van der Waals surface area contributed by atoms with Crippen LogP contribution in [0.15, 0.2) is 0 Å². The van der Waals surface area contributed by atoms with Gasteiger partial charge in [-0.1, -0.05) is 26.7 Å². The van der Waals surface area contributed by atoms with Crippen molar-refractivity contribution in [2.45, 2.75) is 39.5 Å². The maximum Gasteiger partial charge on any atom is 0.308 e. The van der Waals surface area contributed by atoms with E-state index in [2.05, 4.69) is 12.2 Å². The van der Waals surface area contributed by atoms with E-state index in [-0.39, 0.29) is 18.5 Å². The van der Waals surface area contributed by atoms with Crippen molar-refractivity contribution in [2.75, 3.05) is 139 Å². The van der Waals surface area contributed by atoms with Gasteiger partial charge in [-0.25, -0.2) is 0 Å². The number of unbranched alkanes of at least 4 members (excludes halogenated alkanes) is 1. The first-order valence-electron chi connectivity index (χ1n) is 15.3. The minimum Gasteiger partial charge on any atom is -0.463 e. The van der Waals surface area contributed by atoms with E-state index in [1.165, 1.54) is 0 Å². The molecule has 12 heteroatoms. The Bertz CT molecular complexity index is 517. The second-order valence-corrected chi connectivity index (χ2v) is 9.03. The molecule has 0 bridgehead atoms. The summed E-state index contributed by atoms with van der Waals surface area (Å²) in [6.45, 7) is 14.6. The van der Waals surface area contributed by atoms with Crippen LogP contribution in [0.2, 0.25) is 0 Å². The van der Waals surface area contributed by atoms with Gasteiger partial charge in [0.05, 0.1) is 125 Å². The summed E-state index contributed by atoms with van der Waals surface area (Å²) in [4.78, 5) is 12.0. The highest BCUT2D eigenvalue weighted by atomic mass is 16.6. The molecule has 0 saturated heterocycles. The molecule has 0 aromatic rings. The second-order valence-electron chi connectivity index (χ2n) is 9.03. The van der Waals surface area contributed by atoms with Crippen molar-refractivity contribution in [1.29, 1.82) is 0 Å². The summed E-state index contributed by atoms with van der Waals surface area (Å²) in [5.41, 5.74) is 0. The zero-order chi connectivity index (χ0) is 29.9. The fourth-order valence-electron chi connectivity index (χ4n) is 3.29. The minimum atomic E-state index is -0.117. The smallest absolute Gasteiger partial charge is 0.308 e. The summed E-state index contributed by atoms with van der Waals surface area (Å²) in [5.74, 6) is -0.117. The molecular formula is C29H59NO11. The van der Waals surface area contributed by atoms with Crippen LogP contribution in [0.1, 0.15) is 39.5 Å². The monoisotopic (exact) mass is 597 g/mol. The molecule has 0 aliphatic carbocycles. The summed E-state index contributed by atoms with van der Waals surface area (Å²) in [5, 5.41) is 3.02. The number of nitrogens with one attached hydrogen (secondary N) is 1. The Kier molecular flexibility index (Phi) is 34.5. The summed E-state index contributed by atoms with van der Waals surface area (Å²) >= 11 is 0. The van der Waals surface area contributed by atoms with Crippen LogP contribution >= 0.6 is 0 Å². The average Bonchev–Trinajstić information content (AvgIpc) is 2.98. The topological polar surface area (TPSA) is 121 Å². The predicted molar refractivity (Wildman–Crippen MR) is 156 cm³/mol. The van der Waals surface area contributed by atoms with E-state index in [9.17, 15) is 4.79 Å². The van der Waals surface area contributed by atoms with Gasteiger partial charge in [-0.2, -0.15) is 0 Å². The number of esters is 1. The SMILES string of the molecule is CCCCC(CC)C(=O)OCCOCCOCCOCCOCCOCCOCCOCCOCCOCCNC. The number of carbonyl (C=O) groups excluding carboxylic acids is 1. The minimum absolute atomic E-state index is 0.000626. The normalized spacial score (nSPS) is 12.2. The first kappa shape index (κ1) is 40.1. The van der Waals surface area contributed by atoms with Gasteiger partial charge in [0.25, 0.3) is 0 Å². The molecule has 0 aliphatic rings. The summed E-state index contributed by atoms with van der Waals surface area (Å²) in [6.07, 6.45) is 3.85. The van der Waals surface area contributed by atoms with Gasteiger partial charge in [0.15, 0.2) is 0 Å². The van der Waals surface area contributed by atoms with Crippen LogP contribution < -0.4 is 5.32 Å². The third-order valence-corrected chi connectivity index (χ3v) is 5.68. The molecule has 0 aromatic heterocycles. The second kappa shape index (κ2) is 35.3. The number of likely N-dealkylation sites (N-methyl/N-ethyl adjacent to an activating group) is 1. The van der Waals surface area contributed by atoms with Crippen molar-refractivity contribution < 1.29 is 52.2 Å². The van der Waals surface area contributed by atoms with Crippen molar-refractivity contribution >= 4 is 5.97 Å². The van der Waals surface area contributed by atoms with Gasteiger partial charge in [-0.05, 0) is 19.9 Å². The van der Waals surface area contributed by atoms with Gasteiger partial charge in [0, 0.05) is 6.54 Å². The van der Waals surface area contributed by atoms with Gasteiger partial charge in [-0.3, -0.25) is 4.79 Å². The molecule has 0 spiro atoms. The third-order valence-electron chi connectivity index (χ3n) is 5.68. The van der Waals surface area contributed by atoms with E-state index in [1.54, 1.807) is 0 Å². The van der Waals surface area contributed by atoms with Crippen LogP contribution in [-0.4, -0.2) is 145 Å². The molecule has 41 heavy (non-hydrogen) atoms. The van der Waals surface area contributed by atoms with Gasteiger partial charge in [-0.15, -0.1) is 0 Å². The van der Waals surface area contributed by atoms with E-state index >= 15 is 0 Å². The summed E-state index contributed by atoms with van der Waals surface area (Å²) < 4.78 is 54.2. The van der Waals surface area contributed by atoms with Crippen LogP contribution in [-0.2, 0) is 52.2 Å². The Morgan fingerprint density at radius 2 is 0.829 bits per heavy atom. The number of carbonyl (C=O) groups is 1. The van der Waals surface area contributed by atoms with Crippen molar-refractivity contribution in [3.63, 3.8) is 0 Å². The molecule has 0 aliphatic heterocycles. The van der Waals surface area contributed by atoms with Crippen LogP contribution in [0.3, 0.4) is 0 Å². The fourth-order valence-corrected chi connectivity index (χ4v) is 3.29. The highest BCUT2D eigenvalue weighted by Gasteiger charge is 2.16. The quantitative estimate of drug-likeness (QED) is 0.0851. The molecule has 1 unspecified atom stereocenters. The van der Waals surface area contributed by atoms with Gasteiger partial charge >= 0.3 is 5.97 Å². The Labute approximate surface area is 248 Å². The average molecular weight is 598 g/mol. The lowest BCUT2D eigenvalue weighted by Gasteiger charge is -2.13. The van der Waals surface area contributed by atoms with E-state index < -0.39 is 0 Å². The maximum atomic E-state index is 12.0. The largest absolute Gasteiger partial charge is 0.463 e. The molecule has 0 fully saturated rings. The molecule has 0 saturated carbocycles. The van der Waals surface area contributed by atoms with E-state index in [1.807, 2.05) is 14.0 Å². The van der Waals surface area contributed by atoms with Crippen LogP contribution in [0.4, 0.5) is 0 Å². The van der Waals surface area contributed by atoms with Gasteiger partial charge in [0.2, 0.25) is 0 Å². The number of rotatable bonds is 35. The van der Waals surface area contributed by atoms with Crippen molar-refractivity contribution in [3.8, 4) is 0 Å². The molecule has 1 N–H and O–H groups in total. The highest BCUT2D eigenvalue weighted by Crippen LogP contribution is 2.14. The molecule has 1 atom stereocenters. The number of hydrogen-bond acceptors (Lipinski definition) is 12. The molecule has 0 rings (SSSR count). The van der Waals surface area contributed by atoms with Gasteiger partial charge in [0.1, 0.15) is 6.61 Å². The first-order chi connectivity index (χ1) is 20.3. The molecule has 12 nitrogen and oxygen atoms in total. The Morgan fingerprint density at radius 1 is 0.512 bits per heavy atom. The molecule has 0 radical (unpaired) electrons. The van der Waals surface area contributed by atoms with Crippen LogP contribution in [0.5, 0.6) is 0 Å². The van der Waals surface area contributed by atoms with Crippen molar-refractivity contribution in [3.05, 3.63) is 0 Å². The zero-order valence-electron chi connectivity index (χ0n) is 26.0. The predicted octanol–water partition coefficient (Wildman–Crippen LogP) is 2.11. The Balaban J connectivity index is 3.15. The van der Waals surface area contributed by atoms with Gasteiger partial charge < -0.3 is 52.7 Å². The lowest BCUT2D eigenvalue weighted by atomic mass is 10.00. The molecule has 0 amide bonds. The Morgan fingerprint density at radius 3 is 1.12 bits per heavy atom. The lowest BCUT2D eigenvalue weighted by molar-refractivity contribution is -0.150. The maximum absolute atomic E-state index is 12.0. The summed E-state index contributed by atoms with van der Waals surface area (Å²) in [6, 6.07) is 0. The molecular weight excluding hydrogens is 538 g/mol. The third kappa shape index (κ3) is 31.8. The lowest BCUT2D eigenvalue weighted by Crippen LogP contribution is -2.20. The number of hydrogen-bond donors (Lipinski definition) is 1. The molecule has 246 valence electrons. The number of ether oxygens (including phenoxy) is 10. The molecule has 0 heterocycles. The fraction of sp³-hybridized carbons (Fsp3) is 0.966. The molecule has 0 aromatic carbocycles.